The van der Waals surface area contributed by atoms with E-state index in [2.05, 4.69) is 5.18 Å². The van der Waals surface area contributed by atoms with E-state index >= 15 is 0 Å². The van der Waals surface area contributed by atoms with Crippen molar-refractivity contribution in [3.05, 3.63) is 28.7 Å². The second kappa shape index (κ2) is 8.68. The summed E-state index contributed by atoms with van der Waals surface area (Å²) >= 11 is 0. The molecule has 0 aliphatic rings. The predicted octanol–water partition coefficient (Wildman–Crippen LogP) is 1.89. The van der Waals surface area contributed by atoms with Crippen LogP contribution >= 0.6 is 0 Å². The summed E-state index contributed by atoms with van der Waals surface area (Å²) in [5.41, 5.74) is 0.491. The Morgan fingerprint density at radius 3 is 2.29 bits per heavy atom. The van der Waals surface area contributed by atoms with Crippen molar-refractivity contribution in [1.82, 2.24) is 0 Å². The fraction of sp³-hybridized carbons (Fsp3) is 0.571. The van der Waals surface area contributed by atoms with Gasteiger partial charge in [0.05, 0.1) is 7.11 Å². The molecule has 0 aromatic heterocycles. The zero-order valence-corrected chi connectivity index (χ0v) is 12.4. The van der Waals surface area contributed by atoms with Crippen LogP contribution < -0.4 is 4.74 Å². The van der Waals surface area contributed by atoms with Gasteiger partial charge in [-0.3, -0.25) is 0 Å². The van der Waals surface area contributed by atoms with Crippen LogP contribution in [-0.4, -0.2) is 42.9 Å². The summed E-state index contributed by atoms with van der Waals surface area (Å²) in [4.78, 5) is 10.6. The summed E-state index contributed by atoms with van der Waals surface area (Å²) in [5.74, 6) is 0.220. The Hall–Kier alpha value is -1.54. The van der Waals surface area contributed by atoms with Crippen LogP contribution in [-0.2, 0) is 9.47 Å². The highest BCUT2D eigenvalue weighted by atomic mass is 16.7. The van der Waals surface area contributed by atoms with Gasteiger partial charge in [-0.2, -0.15) is 0 Å². The minimum atomic E-state index is -1.27. The summed E-state index contributed by atoms with van der Waals surface area (Å²) in [6.45, 7) is 4.20. The van der Waals surface area contributed by atoms with Gasteiger partial charge in [0.15, 0.2) is 6.29 Å². The maximum absolute atomic E-state index is 10.6. The van der Waals surface area contributed by atoms with Crippen LogP contribution in [0.1, 0.15) is 25.5 Å². The van der Waals surface area contributed by atoms with Crippen molar-refractivity contribution < 1.29 is 24.4 Å². The number of methoxy groups -OCH3 is 1. The molecule has 2 atom stereocenters. The SMILES string of the molecule is CCOC(OCC)C(O)C(O)c1ccc(N=O)c(OC)c1. The second-order valence-corrected chi connectivity index (χ2v) is 4.24. The molecular formula is C14H21NO6. The number of nitrogens with zero attached hydrogens (tertiary/aromatic N) is 1. The Bertz CT molecular complexity index is 447. The van der Waals surface area contributed by atoms with Gasteiger partial charge in [0.1, 0.15) is 23.6 Å². The Labute approximate surface area is 123 Å². The Morgan fingerprint density at radius 2 is 1.81 bits per heavy atom. The average Bonchev–Trinajstić information content (AvgIpc) is 2.52. The molecule has 1 aromatic carbocycles. The lowest BCUT2D eigenvalue weighted by Gasteiger charge is -2.26. The molecule has 2 unspecified atom stereocenters. The van der Waals surface area contributed by atoms with E-state index in [0.29, 0.717) is 18.8 Å². The number of hydrogen-bond donors (Lipinski definition) is 2. The highest BCUT2D eigenvalue weighted by molar-refractivity contribution is 5.53. The molecule has 1 rings (SSSR count). The van der Waals surface area contributed by atoms with E-state index in [4.69, 9.17) is 14.2 Å². The van der Waals surface area contributed by atoms with E-state index in [1.807, 2.05) is 0 Å². The lowest BCUT2D eigenvalue weighted by Crippen LogP contribution is -2.36. The summed E-state index contributed by atoms with van der Waals surface area (Å²) in [6.07, 6.45) is -3.46. The van der Waals surface area contributed by atoms with Crippen LogP contribution in [0.3, 0.4) is 0 Å². The van der Waals surface area contributed by atoms with Crippen LogP contribution in [0.25, 0.3) is 0 Å². The van der Waals surface area contributed by atoms with Gasteiger partial charge in [-0.15, -0.1) is 4.91 Å². The lowest BCUT2D eigenvalue weighted by atomic mass is 10.0. The van der Waals surface area contributed by atoms with Gasteiger partial charge < -0.3 is 24.4 Å². The van der Waals surface area contributed by atoms with E-state index in [1.165, 1.54) is 25.3 Å². The topological polar surface area (TPSA) is 97.6 Å². The first-order chi connectivity index (χ1) is 10.1. The molecule has 1 aromatic rings. The van der Waals surface area contributed by atoms with E-state index in [1.54, 1.807) is 13.8 Å². The molecule has 0 fully saturated rings. The number of rotatable bonds is 9. The Balaban J connectivity index is 2.94. The fourth-order valence-electron chi connectivity index (χ4n) is 1.87. The molecule has 0 heterocycles. The Kier molecular flexibility index (Phi) is 7.24. The van der Waals surface area contributed by atoms with Crippen LogP contribution in [0.5, 0.6) is 5.75 Å². The Morgan fingerprint density at radius 1 is 1.19 bits per heavy atom. The molecular weight excluding hydrogens is 278 g/mol. The quantitative estimate of drug-likeness (QED) is 0.534. The van der Waals surface area contributed by atoms with E-state index in [9.17, 15) is 15.1 Å². The maximum Gasteiger partial charge on any atom is 0.186 e. The molecule has 0 amide bonds. The van der Waals surface area contributed by atoms with Crippen molar-refractivity contribution in [1.29, 1.82) is 0 Å². The van der Waals surface area contributed by atoms with Crippen molar-refractivity contribution in [3.63, 3.8) is 0 Å². The van der Waals surface area contributed by atoms with Gasteiger partial charge >= 0.3 is 0 Å². The van der Waals surface area contributed by atoms with E-state index in [-0.39, 0.29) is 11.4 Å². The molecule has 0 aliphatic heterocycles. The number of benzene rings is 1. The largest absolute Gasteiger partial charge is 0.494 e. The smallest absolute Gasteiger partial charge is 0.186 e. The van der Waals surface area contributed by atoms with Gasteiger partial charge in [-0.25, -0.2) is 0 Å². The third kappa shape index (κ3) is 4.47. The molecule has 0 bridgehead atoms. The van der Waals surface area contributed by atoms with Crippen molar-refractivity contribution >= 4 is 5.69 Å². The van der Waals surface area contributed by atoms with Gasteiger partial charge in [0.2, 0.25) is 0 Å². The summed E-state index contributed by atoms with van der Waals surface area (Å²) in [5, 5.41) is 23.2. The highest BCUT2D eigenvalue weighted by Gasteiger charge is 2.29. The third-order valence-electron chi connectivity index (χ3n) is 2.91. The molecule has 2 N–H and O–H groups in total. The first kappa shape index (κ1) is 17.5. The average molecular weight is 299 g/mol. The minimum absolute atomic E-state index is 0.120. The van der Waals surface area contributed by atoms with Crippen LogP contribution in [0.15, 0.2) is 23.4 Å². The minimum Gasteiger partial charge on any atom is -0.494 e. The zero-order chi connectivity index (χ0) is 15.8. The number of hydrogen-bond acceptors (Lipinski definition) is 7. The molecule has 7 heteroatoms. The summed E-state index contributed by atoms with van der Waals surface area (Å²) in [7, 11) is 1.39. The van der Waals surface area contributed by atoms with Crippen LogP contribution in [0.2, 0.25) is 0 Å². The van der Waals surface area contributed by atoms with Crippen molar-refractivity contribution in [2.45, 2.75) is 32.3 Å². The zero-order valence-electron chi connectivity index (χ0n) is 12.4. The van der Waals surface area contributed by atoms with Gasteiger partial charge in [0, 0.05) is 13.2 Å². The number of nitroso groups, excluding NO2 is 1. The van der Waals surface area contributed by atoms with Crippen molar-refractivity contribution in [2.24, 2.45) is 5.18 Å². The first-order valence-corrected chi connectivity index (χ1v) is 6.69. The standard InChI is InChI=1S/C14H21NO6/c1-4-20-14(21-5-2)13(17)12(16)9-6-7-10(15-18)11(8-9)19-3/h6-8,12-14,16-17H,4-5H2,1-3H3. The second-order valence-electron chi connectivity index (χ2n) is 4.24. The fourth-order valence-corrected chi connectivity index (χ4v) is 1.87. The van der Waals surface area contributed by atoms with Crippen molar-refractivity contribution in [2.75, 3.05) is 20.3 Å². The van der Waals surface area contributed by atoms with Gasteiger partial charge in [-0.1, -0.05) is 6.07 Å². The number of aliphatic hydroxyl groups is 2. The predicted molar refractivity (Wildman–Crippen MR) is 76.5 cm³/mol. The van der Waals surface area contributed by atoms with Crippen LogP contribution in [0, 0.1) is 4.91 Å². The number of aliphatic hydroxyl groups excluding tert-OH is 2. The molecule has 21 heavy (non-hydrogen) atoms. The molecule has 0 saturated heterocycles. The molecule has 118 valence electrons. The number of ether oxygens (including phenoxy) is 3. The van der Waals surface area contributed by atoms with Crippen LogP contribution in [0.4, 0.5) is 5.69 Å². The summed E-state index contributed by atoms with van der Waals surface area (Å²) < 4.78 is 15.5. The molecule has 0 saturated carbocycles. The first-order valence-electron chi connectivity index (χ1n) is 6.69. The molecule has 0 spiro atoms. The lowest BCUT2D eigenvalue weighted by molar-refractivity contribution is -0.212. The van der Waals surface area contributed by atoms with Gasteiger partial charge in [-0.05, 0) is 36.7 Å². The molecule has 0 radical (unpaired) electrons. The van der Waals surface area contributed by atoms with Gasteiger partial charge in [0.25, 0.3) is 0 Å². The normalized spacial score (nSPS) is 14.0. The van der Waals surface area contributed by atoms with Crippen molar-refractivity contribution in [3.8, 4) is 5.75 Å². The monoisotopic (exact) mass is 299 g/mol. The third-order valence-corrected chi connectivity index (χ3v) is 2.91. The van der Waals surface area contributed by atoms with E-state index in [0.717, 1.165) is 0 Å². The maximum atomic E-state index is 10.6. The molecule has 7 nitrogen and oxygen atoms in total. The van der Waals surface area contributed by atoms with E-state index < -0.39 is 18.5 Å². The molecule has 0 aliphatic carbocycles. The highest BCUT2D eigenvalue weighted by Crippen LogP contribution is 2.32. The summed E-state index contributed by atoms with van der Waals surface area (Å²) in [6, 6.07) is 4.34.